The van der Waals surface area contributed by atoms with Gasteiger partial charge in [0.05, 0.1) is 0 Å². The fourth-order valence-corrected chi connectivity index (χ4v) is 3.34. The first-order valence-electron chi connectivity index (χ1n) is 7.10. The molecule has 1 saturated heterocycles. The lowest BCUT2D eigenvalue weighted by Gasteiger charge is -2.41. The summed E-state index contributed by atoms with van der Waals surface area (Å²) in [7, 11) is 0. The van der Waals surface area contributed by atoms with Crippen molar-refractivity contribution in [3.8, 4) is 0 Å². The predicted octanol–water partition coefficient (Wildman–Crippen LogP) is 2.64. The average Bonchev–Trinajstić information content (AvgIpc) is 2.67. The van der Waals surface area contributed by atoms with Gasteiger partial charge in [0.25, 0.3) is 0 Å². The second kappa shape index (κ2) is 5.05. The molecule has 1 N–H and O–H groups in total. The Hall–Kier alpha value is -0.0800. The SMILES string of the molecule is CCNC1CCCC1N1CCC(C)(C)CC1. The average molecular weight is 224 g/mol. The molecule has 1 heterocycles. The van der Waals surface area contributed by atoms with Crippen LogP contribution in [0.4, 0.5) is 0 Å². The highest BCUT2D eigenvalue weighted by Crippen LogP contribution is 2.33. The van der Waals surface area contributed by atoms with Gasteiger partial charge < -0.3 is 5.32 Å². The Morgan fingerprint density at radius 2 is 1.88 bits per heavy atom. The van der Waals surface area contributed by atoms with E-state index >= 15 is 0 Å². The van der Waals surface area contributed by atoms with Gasteiger partial charge in [0.1, 0.15) is 0 Å². The van der Waals surface area contributed by atoms with Crippen LogP contribution in [0.25, 0.3) is 0 Å². The molecule has 0 aromatic heterocycles. The number of nitrogens with zero attached hydrogens (tertiary/aromatic N) is 1. The zero-order valence-corrected chi connectivity index (χ0v) is 11.3. The van der Waals surface area contributed by atoms with Crippen LogP contribution in [0.3, 0.4) is 0 Å². The lowest BCUT2D eigenvalue weighted by Crippen LogP contribution is -2.50. The lowest BCUT2D eigenvalue weighted by molar-refractivity contribution is 0.0845. The smallest absolute Gasteiger partial charge is 0.0249 e. The first-order chi connectivity index (χ1) is 7.62. The second-order valence-electron chi connectivity index (χ2n) is 6.36. The Bertz CT molecular complexity index is 215. The van der Waals surface area contributed by atoms with Crippen molar-refractivity contribution < 1.29 is 0 Å². The third-order valence-corrected chi connectivity index (χ3v) is 4.57. The highest BCUT2D eigenvalue weighted by molar-refractivity contribution is 4.92. The summed E-state index contributed by atoms with van der Waals surface area (Å²) in [6.07, 6.45) is 6.98. The lowest BCUT2D eigenvalue weighted by atomic mass is 9.82. The fraction of sp³-hybridized carbons (Fsp3) is 1.00. The van der Waals surface area contributed by atoms with Gasteiger partial charge in [-0.25, -0.2) is 0 Å². The second-order valence-corrected chi connectivity index (χ2v) is 6.36. The molecule has 0 bridgehead atoms. The topological polar surface area (TPSA) is 15.3 Å². The maximum Gasteiger partial charge on any atom is 0.0249 e. The van der Waals surface area contributed by atoms with Crippen LogP contribution in [0, 0.1) is 5.41 Å². The van der Waals surface area contributed by atoms with Gasteiger partial charge in [-0.3, -0.25) is 4.90 Å². The molecule has 2 heteroatoms. The number of likely N-dealkylation sites (tertiary alicyclic amines) is 1. The molecule has 94 valence electrons. The van der Waals surface area contributed by atoms with E-state index in [1.807, 2.05) is 0 Å². The fourth-order valence-electron chi connectivity index (χ4n) is 3.34. The maximum atomic E-state index is 3.67. The van der Waals surface area contributed by atoms with Crippen LogP contribution in [0.15, 0.2) is 0 Å². The zero-order chi connectivity index (χ0) is 11.6. The molecule has 2 rings (SSSR count). The summed E-state index contributed by atoms with van der Waals surface area (Å²) < 4.78 is 0. The number of likely N-dealkylation sites (N-methyl/N-ethyl adjacent to an activating group) is 1. The van der Waals surface area contributed by atoms with Crippen LogP contribution >= 0.6 is 0 Å². The summed E-state index contributed by atoms with van der Waals surface area (Å²) >= 11 is 0. The van der Waals surface area contributed by atoms with Crippen LogP contribution < -0.4 is 5.32 Å². The molecule has 1 saturated carbocycles. The molecule has 2 fully saturated rings. The van der Waals surface area contributed by atoms with Crippen LogP contribution in [0.2, 0.25) is 0 Å². The van der Waals surface area contributed by atoms with Gasteiger partial charge in [0, 0.05) is 12.1 Å². The molecule has 2 aliphatic rings. The van der Waals surface area contributed by atoms with Crippen molar-refractivity contribution >= 4 is 0 Å². The molecular formula is C14H28N2. The van der Waals surface area contributed by atoms with Gasteiger partial charge in [-0.15, -0.1) is 0 Å². The van der Waals surface area contributed by atoms with Crippen LogP contribution in [-0.2, 0) is 0 Å². The standard InChI is InChI=1S/C14H28N2/c1-4-15-12-6-5-7-13(12)16-10-8-14(2,3)9-11-16/h12-13,15H,4-11H2,1-3H3. The minimum Gasteiger partial charge on any atom is -0.313 e. The van der Waals surface area contributed by atoms with Crippen molar-refractivity contribution in [3.63, 3.8) is 0 Å². The number of hydrogen-bond donors (Lipinski definition) is 1. The Balaban J connectivity index is 1.88. The first-order valence-corrected chi connectivity index (χ1v) is 7.10. The van der Waals surface area contributed by atoms with Crippen molar-refractivity contribution in [2.75, 3.05) is 19.6 Å². The summed E-state index contributed by atoms with van der Waals surface area (Å²) in [5.41, 5.74) is 0.586. The molecule has 0 spiro atoms. The molecule has 0 radical (unpaired) electrons. The van der Waals surface area contributed by atoms with E-state index < -0.39 is 0 Å². The molecule has 2 unspecified atom stereocenters. The molecule has 0 aromatic carbocycles. The number of rotatable bonds is 3. The van der Waals surface area contributed by atoms with Gasteiger partial charge in [0.2, 0.25) is 0 Å². The van der Waals surface area contributed by atoms with E-state index in [9.17, 15) is 0 Å². The van der Waals surface area contributed by atoms with Gasteiger partial charge in [-0.2, -0.15) is 0 Å². The Morgan fingerprint density at radius 1 is 1.19 bits per heavy atom. The normalized spacial score (nSPS) is 35.4. The van der Waals surface area contributed by atoms with Crippen LogP contribution in [-0.4, -0.2) is 36.6 Å². The first kappa shape index (κ1) is 12.4. The van der Waals surface area contributed by atoms with E-state index in [0.717, 1.165) is 18.6 Å². The summed E-state index contributed by atoms with van der Waals surface area (Å²) in [6, 6.07) is 1.60. The molecule has 2 nitrogen and oxygen atoms in total. The molecule has 16 heavy (non-hydrogen) atoms. The van der Waals surface area contributed by atoms with Crippen molar-refractivity contribution in [1.29, 1.82) is 0 Å². The van der Waals surface area contributed by atoms with E-state index in [-0.39, 0.29) is 0 Å². The van der Waals surface area contributed by atoms with Crippen LogP contribution in [0.5, 0.6) is 0 Å². The van der Waals surface area contributed by atoms with Crippen molar-refractivity contribution in [2.24, 2.45) is 5.41 Å². The third kappa shape index (κ3) is 2.78. The molecular weight excluding hydrogens is 196 g/mol. The largest absolute Gasteiger partial charge is 0.313 e. The molecule has 0 amide bonds. The van der Waals surface area contributed by atoms with E-state index in [0.29, 0.717) is 5.41 Å². The highest BCUT2D eigenvalue weighted by Gasteiger charge is 2.35. The maximum absolute atomic E-state index is 3.67. The summed E-state index contributed by atoms with van der Waals surface area (Å²) in [6.45, 7) is 10.8. The monoisotopic (exact) mass is 224 g/mol. The summed E-state index contributed by atoms with van der Waals surface area (Å²) in [5, 5.41) is 3.67. The Morgan fingerprint density at radius 3 is 2.50 bits per heavy atom. The predicted molar refractivity (Wildman–Crippen MR) is 69.7 cm³/mol. The number of piperidine rings is 1. The minimum absolute atomic E-state index is 0.586. The Kier molecular flexibility index (Phi) is 3.91. The molecule has 2 atom stereocenters. The van der Waals surface area contributed by atoms with Gasteiger partial charge >= 0.3 is 0 Å². The van der Waals surface area contributed by atoms with E-state index in [2.05, 4.69) is 31.0 Å². The molecule has 1 aliphatic carbocycles. The molecule has 1 aliphatic heterocycles. The van der Waals surface area contributed by atoms with Gasteiger partial charge in [0.15, 0.2) is 0 Å². The van der Waals surface area contributed by atoms with E-state index in [1.165, 1.54) is 45.2 Å². The summed E-state index contributed by atoms with van der Waals surface area (Å²) in [5.74, 6) is 0. The highest BCUT2D eigenvalue weighted by atomic mass is 15.2. The third-order valence-electron chi connectivity index (χ3n) is 4.57. The number of nitrogens with one attached hydrogen (secondary N) is 1. The van der Waals surface area contributed by atoms with Crippen molar-refractivity contribution in [3.05, 3.63) is 0 Å². The van der Waals surface area contributed by atoms with E-state index in [4.69, 9.17) is 0 Å². The quantitative estimate of drug-likeness (QED) is 0.793. The van der Waals surface area contributed by atoms with Gasteiger partial charge in [-0.05, 0) is 50.7 Å². The van der Waals surface area contributed by atoms with Gasteiger partial charge in [-0.1, -0.05) is 27.2 Å². The molecule has 0 aromatic rings. The summed E-state index contributed by atoms with van der Waals surface area (Å²) in [4.78, 5) is 2.76. The minimum atomic E-state index is 0.586. The van der Waals surface area contributed by atoms with Crippen molar-refractivity contribution in [1.82, 2.24) is 10.2 Å². The number of hydrogen-bond acceptors (Lipinski definition) is 2. The Labute approximate surface area is 101 Å². The van der Waals surface area contributed by atoms with Crippen LogP contribution in [0.1, 0.15) is 52.9 Å². The zero-order valence-electron chi connectivity index (χ0n) is 11.3. The van der Waals surface area contributed by atoms with Crippen molar-refractivity contribution in [2.45, 2.75) is 65.0 Å². The van der Waals surface area contributed by atoms with E-state index in [1.54, 1.807) is 0 Å².